The third kappa shape index (κ3) is 1.88. The monoisotopic (exact) mass is 235 g/mol. The maximum Gasteiger partial charge on any atom is 0.231 e. The van der Waals surface area contributed by atoms with Crippen LogP contribution in [0.4, 0.5) is 0 Å². The van der Waals surface area contributed by atoms with Crippen LogP contribution in [0.5, 0.6) is 0 Å². The lowest BCUT2D eigenvalue weighted by molar-refractivity contribution is 0.278. The molecule has 94 valence electrons. The van der Waals surface area contributed by atoms with Crippen LogP contribution in [0.3, 0.4) is 0 Å². The predicted molar refractivity (Wildman–Crippen MR) is 64.4 cm³/mol. The lowest BCUT2D eigenvalue weighted by atomic mass is 9.85. The van der Waals surface area contributed by atoms with Crippen LogP contribution in [0, 0.1) is 17.8 Å². The van der Waals surface area contributed by atoms with Gasteiger partial charge in [-0.05, 0) is 37.0 Å². The van der Waals surface area contributed by atoms with E-state index in [1.165, 1.54) is 19.3 Å². The number of aromatic nitrogens is 2. The molecule has 4 nitrogen and oxygen atoms in total. The molecule has 4 unspecified atom stereocenters. The summed E-state index contributed by atoms with van der Waals surface area (Å²) < 4.78 is 5.43. The van der Waals surface area contributed by atoms with Gasteiger partial charge in [-0.1, -0.05) is 19.0 Å². The van der Waals surface area contributed by atoms with Crippen LogP contribution in [0.25, 0.3) is 0 Å². The van der Waals surface area contributed by atoms with Crippen LogP contribution < -0.4 is 5.73 Å². The van der Waals surface area contributed by atoms with Gasteiger partial charge in [-0.15, -0.1) is 0 Å². The molecule has 1 aromatic rings. The van der Waals surface area contributed by atoms with Crippen molar-refractivity contribution in [2.75, 3.05) is 0 Å². The summed E-state index contributed by atoms with van der Waals surface area (Å²) in [6.45, 7) is 4.33. The number of hydrogen-bond acceptors (Lipinski definition) is 4. The summed E-state index contributed by atoms with van der Waals surface area (Å²) in [6, 6.07) is 0.237. The maximum atomic E-state index is 6.28. The van der Waals surface area contributed by atoms with E-state index in [1.807, 2.05) is 0 Å². The van der Waals surface area contributed by atoms with Gasteiger partial charge >= 0.3 is 0 Å². The summed E-state index contributed by atoms with van der Waals surface area (Å²) in [5.74, 6) is 3.88. The fourth-order valence-electron chi connectivity index (χ4n) is 3.55. The van der Waals surface area contributed by atoms with Crippen LogP contribution in [0.2, 0.25) is 0 Å². The van der Waals surface area contributed by atoms with Crippen molar-refractivity contribution in [1.82, 2.24) is 10.1 Å². The number of fused-ring (bicyclic) bond motifs is 2. The van der Waals surface area contributed by atoms with Crippen molar-refractivity contribution in [1.29, 1.82) is 0 Å². The van der Waals surface area contributed by atoms with E-state index < -0.39 is 0 Å². The average molecular weight is 235 g/mol. The summed E-state index contributed by atoms with van der Waals surface area (Å²) in [7, 11) is 0. The number of nitrogens with two attached hydrogens (primary N) is 1. The molecule has 0 aliphatic heterocycles. The molecule has 1 aromatic heterocycles. The molecule has 2 N–H and O–H groups in total. The highest BCUT2D eigenvalue weighted by molar-refractivity contribution is 5.11. The normalized spacial score (nSPS) is 36.0. The highest BCUT2D eigenvalue weighted by atomic mass is 16.5. The van der Waals surface area contributed by atoms with Gasteiger partial charge in [0, 0.05) is 12.5 Å². The second-order valence-corrected chi connectivity index (χ2v) is 6.08. The molecule has 0 spiro atoms. The molecule has 0 radical (unpaired) electrons. The van der Waals surface area contributed by atoms with Gasteiger partial charge in [-0.25, -0.2) is 0 Å². The van der Waals surface area contributed by atoms with Gasteiger partial charge in [0.1, 0.15) is 0 Å². The van der Waals surface area contributed by atoms with Crippen molar-refractivity contribution in [3.63, 3.8) is 0 Å². The van der Waals surface area contributed by atoms with Crippen LogP contribution in [0.1, 0.15) is 50.7 Å². The minimum absolute atomic E-state index is 0.237. The minimum Gasteiger partial charge on any atom is -0.339 e. The van der Waals surface area contributed by atoms with Gasteiger partial charge in [0.05, 0.1) is 5.92 Å². The molecule has 0 amide bonds. The first-order valence-electron chi connectivity index (χ1n) is 6.73. The van der Waals surface area contributed by atoms with Gasteiger partial charge in [0.2, 0.25) is 5.89 Å². The van der Waals surface area contributed by atoms with Gasteiger partial charge in [-0.2, -0.15) is 4.98 Å². The van der Waals surface area contributed by atoms with Crippen LogP contribution >= 0.6 is 0 Å². The first-order chi connectivity index (χ1) is 8.15. The van der Waals surface area contributed by atoms with Crippen LogP contribution in [-0.2, 0) is 6.42 Å². The van der Waals surface area contributed by atoms with E-state index in [2.05, 4.69) is 24.0 Å². The van der Waals surface area contributed by atoms with E-state index in [-0.39, 0.29) is 6.04 Å². The van der Waals surface area contributed by atoms with E-state index in [0.717, 1.165) is 18.1 Å². The van der Waals surface area contributed by atoms with Crippen molar-refractivity contribution in [3.05, 3.63) is 11.7 Å². The van der Waals surface area contributed by atoms with Crippen molar-refractivity contribution < 1.29 is 4.52 Å². The molecule has 2 fully saturated rings. The minimum atomic E-state index is 0.237. The maximum absolute atomic E-state index is 6.28. The fourth-order valence-corrected chi connectivity index (χ4v) is 3.55. The third-order valence-corrected chi connectivity index (χ3v) is 4.34. The highest BCUT2D eigenvalue weighted by Crippen LogP contribution is 2.51. The van der Waals surface area contributed by atoms with E-state index in [0.29, 0.717) is 23.7 Å². The van der Waals surface area contributed by atoms with E-state index in [1.54, 1.807) is 0 Å². The molecule has 3 rings (SSSR count). The smallest absolute Gasteiger partial charge is 0.231 e. The zero-order valence-corrected chi connectivity index (χ0v) is 10.6. The largest absolute Gasteiger partial charge is 0.339 e. The van der Waals surface area contributed by atoms with Crippen LogP contribution in [-0.4, -0.2) is 16.2 Å². The summed E-state index contributed by atoms with van der Waals surface area (Å²) in [6.07, 6.45) is 4.72. The highest BCUT2D eigenvalue weighted by Gasteiger charge is 2.48. The topological polar surface area (TPSA) is 64.9 Å². The Hall–Kier alpha value is -0.900. The van der Waals surface area contributed by atoms with Gasteiger partial charge < -0.3 is 10.3 Å². The Balaban J connectivity index is 1.78. The van der Waals surface area contributed by atoms with Crippen LogP contribution in [0.15, 0.2) is 4.52 Å². The Bertz CT molecular complexity index is 399. The summed E-state index contributed by atoms with van der Waals surface area (Å²) in [5, 5.41) is 4.08. The van der Waals surface area contributed by atoms with E-state index >= 15 is 0 Å². The van der Waals surface area contributed by atoms with Gasteiger partial charge in [0.25, 0.3) is 0 Å². The molecule has 4 heteroatoms. The Morgan fingerprint density at radius 3 is 2.76 bits per heavy atom. The molecule has 4 atom stereocenters. The van der Waals surface area contributed by atoms with E-state index in [4.69, 9.17) is 10.3 Å². The number of rotatable bonds is 3. The summed E-state index contributed by atoms with van der Waals surface area (Å²) >= 11 is 0. The Morgan fingerprint density at radius 1 is 1.35 bits per heavy atom. The summed E-state index contributed by atoms with van der Waals surface area (Å²) in [5.41, 5.74) is 6.28. The SMILES string of the molecule is CC(C)Cc1noc(C2C3CCC(C3)C2N)n1. The first kappa shape index (κ1) is 11.2. The third-order valence-electron chi connectivity index (χ3n) is 4.34. The molecule has 0 aromatic carbocycles. The Morgan fingerprint density at radius 2 is 2.12 bits per heavy atom. The fraction of sp³-hybridized carbons (Fsp3) is 0.846. The van der Waals surface area contributed by atoms with Crippen molar-refractivity contribution in [3.8, 4) is 0 Å². The van der Waals surface area contributed by atoms with Gasteiger partial charge in [-0.3, -0.25) is 0 Å². The van der Waals surface area contributed by atoms with Crippen molar-refractivity contribution >= 4 is 0 Å². The molecular weight excluding hydrogens is 214 g/mol. The predicted octanol–water partition coefficient (Wildman–Crippen LogP) is 2.11. The standard InChI is InChI=1S/C13H21N3O/c1-7(2)5-10-15-13(17-16-10)11-8-3-4-9(6-8)12(11)14/h7-9,11-12H,3-6,14H2,1-2H3. The Labute approximate surface area is 102 Å². The van der Waals surface area contributed by atoms with Crippen molar-refractivity contribution in [2.24, 2.45) is 23.5 Å². The second kappa shape index (κ2) is 4.09. The Kier molecular flexibility index (Phi) is 2.69. The van der Waals surface area contributed by atoms with E-state index in [9.17, 15) is 0 Å². The average Bonchev–Trinajstić information content (AvgIpc) is 2.92. The lowest BCUT2D eigenvalue weighted by Crippen LogP contribution is -2.34. The molecule has 1 heterocycles. The molecule has 0 saturated heterocycles. The van der Waals surface area contributed by atoms with Crippen molar-refractivity contribution in [2.45, 2.75) is 51.5 Å². The number of hydrogen-bond donors (Lipinski definition) is 1. The molecule has 2 aliphatic carbocycles. The lowest BCUT2D eigenvalue weighted by Gasteiger charge is -2.24. The molecule has 2 saturated carbocycles. The zero-order chi connectivity index (χ0) is 12.0. The quantitative estimate of drug-likeness (QED) is 0.871. The molecule has 2 aliphatic rings. The second-order valence-electron chi connectivity index (χ2n) is 6.08. The van der Waals surface area contributed by atoms with Gasteiger partial charge in [0.15, 0.2) is 5.82 Å². The molecular formula is C13H21N3O. The summed E-state index contributed by atoms with van der Waals surface area (Å²) in [4.78, 5) is 4.54. The number of nitrogens with zero attached hydrogens (tertiary/aromatic N) is 2. The first-order valence-corrected chi connectivity index (χ1v) is 6.73. The zero-order valence-electron chi connectivity index (χ0n) is 10.6. The molecule has 17 heavy (non-hydrogen) atoms. The molecule has 2 bridgehead atoms.